The van der Waals surface area contributed by atoms with Gasteiger partial charge in [0.05, 0.1) is 24.0 Å². The van der Waals surface area contributed by atoms with Crippen molar-refractivity contribution in [3.05, 3.63) is 23.7 Å². The van der Waals surface area contributed by atoms with Crippen LogP contribution in [-0.2, 0) is 4.74 Å². The molecule has 1 fully saturated rings. The maximum Gasteiger partial charge on any atom is 0.338 e. The Kier molecular flexibility index (Phi) is 3.22. The number of nitrogens with two attached hydrogens (primary N) is 1. The number of nitrogen functional groups attached to an aromatic ring is 1. The summed E-state index contributed by atoms with van der Waals surface area (Å²) < 4.78 is 20.7. The lowest BCUT2D eigenvalue weighted by atomic mass is 10.1. The van der Waals surface area contributed by atoms with Crippen molar-refractivity contribution in [2.45, 2.75) is 24.8 Å². The molecule has 3 unspecified atom stereocenters. The van der Waals surface area contributed by atoms with E-state index in [1.165, 1.54) is 10.6 Å². The normalized spacial score (nSPS) is 25.5. The van der Waals surface area contributed by atoms with Gasteiger partial charge in [0, 0.05) is 6.42 Å². The molecule has 3 heterocycles. The molecule has 0 amide bonds. The molecule has 4 N–H and O–H groups in total. The average molecular weight is 296 g/mol. The second-order valence-corrected chi connectivity index (χ2v) is 4.81. The number of hydrogen-bond donors (Lipinski definition) is 3. The number of carboxylic acid groups (broad SMARTS) is 1. The van der Waals surface area contributed by atoms with Gasteiger partial charge in [-0.2, -0.15) is 5.10 Å². The Morgan fingerprint density at radius 1 is 1.62 bits per heavy atom. The van der Waals surface area contributed by atoms with Crippen LogP contribution in [0.1, 0.15) is 28.6 Å². The van der Waals surface area contributed by atoms with E-state index < -0.39 is 24.3 Å². The lowest BCUT2D eigenvalue weighted by molar-refractivity contribution is -0.00200. The van der Waals surface area contributed by atoms with Crippen molar-refractivity contribution >= 4 is 17.3 Å². The quantitative estimate of drug-likeness (QED) is 0.737. The number of aliphatic hydroxyl groups is 1. The second-order valence-electron chi connectivity index (χ2n) is 4.81. The van der Waals surface area contributed by atoms with Gasteiger partial charge < -0.3 is 20.7 Å². The van der Waals surface area contributed by atoms with Crippen molar-refractivity contribution in [1.82, 2.24) is 14.6 Å². The van der Waals surface area contributed by atoms with Crippen LogP contribution in [0.2, 0.25) is 0 Å². The van der Waals surface area contributed by atoms with E-state index in [0.717, 1.165) is 6.33 Å². The first-order valence-corrected chi connectivity index (χ1v) is 6.28. The zero-order valence-electron chi connectivity index (χ0n) is 10.8. The molecule has 0 saturated carbocycles. The summed E-state index contributed by atoms with van der Waals surface area (Å²) in [4.78, 5) is 15.0. The SMILES string of the molecule is Nc1ncnn2c(C3OC(CO)CC3F)cc(C(=O)O)c12. The second kappa shape index (κ2) is 4.93. The molecular formula is C12H13FN4O4. The Bertz CT molecular complexity index is 704. The molecule has 0 spiro atoms. The molecule has 9 heteroatoms. The standard InChI is InChI=1S/C12H13FN4O4/c13-7-1-5(3-18)21-10(7)8-2-6(12(19)20)9-11(14)15-4-16-17(8)9/h2,4-5,7,10,18H,1,3H2,(H,19,20)(H2,14,15,16). The molecule has 0 bridgehead atoms. The minimum atomic E-state index is -1.36. The molecule has 21 heavy (non-hydrogen) atoms. The van der Waals surface area contributed by atoms with Gasteiger partial charge in [-0.1, -0.05) is 0 Å². The van der Waals surface area contributed by atoms with Gasteiger partial charge in [0.2, 0.25) is 0 Å². The molecule has 3 rings (SSSR count). The third-order valence-corrected chi connectivity index (χ3v) is 3.49. The number of anilines is 1. The Morgan fingerprint density at radius 2 is 2.38 bits per heavy atom. The third-order valence-electron chi connectivity index (χ3n) is 3.49. The summed E-state index contributed by atoms with van der Waals surface area (Å²) in [5.41, 5.74) is 5.90. The molecule has 3 atom stereocenters. The summed E-state index contributed by atoms with van der Waals surface area (Å²) in [6.07, 6.45) is -1.79. The van der Waals surface area contributed by atoms with Crippen LogP contribution in [0.4, 0.5) is 10.2 Å². The summed E-state index contributed by atoms with van der Waals surface area (Å²) in [6, 6.07) is 1.28. The summed E-state index contributed by atoms with van der Waals surface area (Å²) in [5.74, 6) is -1.23. The van der Waals surface area contributed by atoms with Gasteiger partial charge >= 0.3 is 5.97 Å². The van der Waals surface area contributed by atoms with Crippen LogP contribution in [0.15, 0.2) is 12.4 Å². The molecule has 2 aromatic rings. The summed E-state index contributed by atoms with van der Waals surface area (Å²) in [6.45, 7) is -0.302. The maximum absolute atomic E-state index is 14.1. The number of carboxylic acids is 1. The fourth-order valence-electron chi connectivity index (χ4n) is 2.55. The van der Waals surface area contributed by atoms with Crippen molar-refractivity contribution < 1.29 is 24.1 Å². The number of aromatic nitrogens is 3. The van der Waals surface area contributed by atoms with Gasteiger partial charge in [0.25, 0.3) is 0 Å². The van der Waals surface area contributed by atoms with Gasteiger partial charge in [0.1, 0.15) is 24.1 Å². The number of carbonyl (C=O) groups is 1. The number of halogens is 1. The lowest BCUT2D eigenvalue weighted by Gasteiger charge is -2.13. The Morgan fingerprint density at radius 3 is 3.00 bits per heavy atom. The Hall–Kier alpha value is -2.26. The minimum Gasteiger partial charge on any atom is -0.478 e. The van der Waals surface area contributed by atoms with Gasteiger partial charge in [-0.25, -0.2) is 18.7 Å². The fourth-order valence-corrected chi connectivity index (χ4v) is 2.55. The highest BCUT2D eigenvalue weighted by atomic mass is 19.1. The molecule has 0 aliphatic carbocycles. The molecule has 2 aromatic heterocycles. The van der Waals surface area contributed by atoms with E-state index in [2.05, 4.69) is 10.1 Å². The van der Waals surface area contributed by atoms with Gasteiger partial charge in [-0.05, 0) is 6.07 Å². The highest BCUT2D eigenvalue weighted by Gasteiger charge is 2.39. The van der Waals surface area contributed by atoms with E-state index in [9.17, 15) is 14.3 Å². The van der Waals surface area contributed by atoms with Crippen molar-refractivity contribution in [1.29, 1.82) is 0 Å². The van der Waals surface area contributed by atoms with Crippen LogP contribution < -0.4 is 5.73 Å². The first-order chi connectivity index (χ1) is 10.0. The highest BCUT2D eigenvalue weighted by Crippen LogP contribution is 2.37. The third kappa shape index (κ3) is 2.10. The van der Waals surface area contributed by atoms with E-state index in [0.29, 0.717) is 0 Å². The maximum atomic E-state index is 14.1. The number of aliphatic hydroxyl groups excluding tert-OH is 1. The number of fused-ring (bicyclic) bond motifs is 1. The zero-order chi connectivity index (χ0) is 15.1. The topological polar surface area (TPSA) is 123 Å². The fraction of sp³-hybridized carbons (Fsp3) is 0.417. The predicted molar refractivity (Wildman–Crippen MR) is 68.6 cm³/mol. The minimum absolute atomic E-state index is 0.0132. The molecule has 0 radical (unpaired) electrons. The van der Waals surface area contributed by atoms with Gasteiger partial charge in [0.15, 0.2) is 5.82 Å². The average Bonchev–Trinajstić information content (AvgIpc) is 3.00. The van der Waals surface area contributed by atoms with E-state index in [1.54, 1.807) is 0 Å². The van der Waals surface area contributed by atoms with Gasteiger partial charge in [-0.15, -0.1) is 0 Å². The molecule has 1 saturated heterocycles. The summed E-state index contributed by atoms with van der Waals surface area (Å²) in [5, 5.41) is 22.2. The van der Waals surface area contributed by atoms with E-state index >= 15 is 0 Å². The van der Waals surface area contributed by atoms with Crippen molar-refractivity contribution in [3.63, 3.8) is 0 Å². The number of alkyl halides is 1. The largest absolute Gasteiger partial charge is 0.478 e. The van der Waals surface area contributed by atoms with Crippen molar-refractivity contribution in [2.24, 2.45) is 0 Å². The van der Waals surface area contributed by atoms with Gasteiger partial charge in [-0.3, -0.25) is 0 Å². The van der Waals surface area contributed by atoms with Crippen LogP contribution in [0.5, 0.6) is 0 Å². The predicted octanol–water partition coefficient (Wildman–Crippen LogP) is 0.170. The van der Waals surface area contributed by atoms with Crippen LogP contribution in [0, 0.1) is 0 Å². The number of rotatable bonds is 3. The van der Waals surface area contributed by atoms with Crippen molar-refractivity contribution in [2.75, 3.05) is 12.3 Å². The molecule has 112 valence electrons. The summed E-state index contributed by atoms with van der Waals surface area (Å²) in [7, 11) is 0. The smallest absolute Gasteiger partial charge is 0.338 e. The zero-order valence-corrected chi connectivity index (χ0v) is 10.8. The molecule has 1 aliphatic rings. The molecular weight excluding hydrogens is 283 g/mol. The van der Waals surface area contributed by atoms with E-state index in [-0.39, 0.29) is 35.6 Å². The first-order valence-electron chi connectivity index (χ1n) is 6.28. The van der Waals surface area contributed by atoms with Crippen LogP contribution in [-0.4, -0.2) is 49.7 Å². The monoisotopic (exact) mass is 296 g/mol. The van der Waals surface area contributed by atoms with Crippen LogP contribution in [0.3, 0.4) is 0 Å². The van der Waals surface area contributed by atoms with E-state index in [4.69, 9.17) is 15.6 Å². The lowest BCUT2D eigenvalue weighted by Crippen LogP contribution is -2.13. The number of nitrogens with zero attached hydrogens (tertiary/aromatic N) is 3. The molecule has 0 aromatic carbocycles. The van der Waals surface area contributed by atoms with Crippen LogP contribution >= 0.6 is 0 Å². The Labute approximate surface area is 118 Å². The number of hydrogen-bond acceptors (Lipinski definition) is 6. The van der Waals surface area contributed by atoms with E-state index in [1.807, 2.05) is 0 Å². The Balaban J connectivity index is 2.16. The summed E-state index contributed by atoms with van der Waals surface area (Å²) >= 11 is 0. The molecule has 1 aliphatic heterocycles. The number of ether oxygens (including phenoxy) is 1. The van der Waals surface area contributed by atoms with Crippen LogP contribution in [0.25, 0.3) is 5.52 Å². The highest BCUT2D eigenvalue weighted by molar-refractivity contribution is 5.99. The molecule has 8 nitrogen and oxygen atoms in total. The van der Waals surface area contributed by atoms with Crippen molar-refractivity contribution in [3.8, 4) is 0 Å². The number of aromatic carboxylic acids is 1. The first kappa shape index (κ1) is 13.7.